The summed E-state index contributed by atoms with van der Waals surface area (Å²) in [6.07, 6.45) is 1.61. The van der Waals surface area contributed by atoms with Crippen LogP contribution < -0.4 is 10.2 Å². The Bertz CT molecular complexity index is 957. The molecular weight excluding hydrogens is 381 g/mol. The van der Waals surface area contributed by atoms with Gasteiger partial charge in [-0.05, 0) is 47.7 Å². The number of carbonyl (C=O) groups excluding carboxylic acids is 3. The van der Waals surface area contributed by atoms with Gasteiger partial charge >= 0.3 is 0 Å². The standard InChI is InChI=1S/C20H18FN3O3S/c1-23(2)14-9-7-13(8-10-14)11-17-19(26)24(20(27)28-17)12-18(25)22-16-6-4-3-5-15(16)21/h3-11H,12H2,1-2H3,(H,22,25). The maximum atomic E-state index is 13.6. The van der Waals surface area contributed by atoms with E-state index in [0.29, 0.717) is 0 Å². The molecule has 1 saturated heterocycles. The molecule has 0 spiro atoms. The van der Waals surface area contributed by atoms with Crippen molar-refractivity contribution in [2.75, 3.05) is 30.9 Å². The largest absolute Gasteiger partial charge is 0.378 e. The molecule has 144 valence electrons. The molecule has 1 fully saturated rings. The second-order valence-corrected chi connectivity index (χ2v) is 7.28. The molecule has 0 saturated carbocycles. The van der Waals surface area contributed by atoms with Gasteiger partial charge in [0.2, 0.25) is 5.91 Å². The molecule has 0 bridgehead atoms. The van der Waals surface area contributed by atoms with E-state index >= 15 is 0 Å². The Balaban J connectivity index is 1.69. The molecule has 1 aliphatic rings. The van der Waals surface area contributed by atoms with Gasteiger partial charge in [-0.25, -0.2) is 4.39 Å². The van der Waals surface area contributed by atoms with Gasteiger partial charge in [0.05, 0.1) is 10.6 Å². The van der Waals surface area contributed by atoms with Crippen molar-refractivity contribution in [2.24, 2.45) is 0 Å². The molecule has 3 rings (SSSR count). The van der Waals surface area contributed by atoms with Crippen molar-refractivity contribution in [2.45, 2.75) is 0 Å². The highest BCUT2D eigenvalue weighted by atomic mass is 32.2. The molecule has 28 heavy (non-hydrogen) atoms. The van der Waals surface area contributed by atoms with Crippen LogP contribution in [0.4, 0.5) is 20.6 Å². The summed E-state index contributed by atoms with van der Waals surface area (Å²) in [5.74, 6) is -1.79. The second kappa shape index (κ2) is 8.26. The highest BCUT2D eigenvalue weighted by molar-refractivity contribution is 8.18. The number of anilines is 2. The quantitative estimate of drug-likeness (QED) is 0.779. The Morgan fingerprint density at radius 1 is 1.14 bits per heavy atom. The minimum Gasteiger partial charge on any atom is -0.378 e. The number of rotatable bonds is 5. The van der Waals surface area contributed by atoms with Crippen molar-refractivity contribution in [1.82, 2.24) is 4.90 Å². The summed E-state index contributed by atoms with van der Waals surface area (Å²) in [5.41, 5.74) is 1.78. The number of thioether (sulfide) groups is 1. The molecule has 1 heterocycles. The van der Waals surface area contributed by atoms with E-state index in [0.717, 1.165) is 27.9 Å². The van der Waals surface area contributed by atoms with Crippen LogP contribution >= 0.6 is 11.8 Å². The van der Waals surface area contributed by atoms with Crippen molar-refractivity contribution >= 4 is 46.3 Å². The molecule has 6 nitrogen and oxygen atoms in total. The van der Waals surface area contributed by atoms with Crippen LogP contribution in [-0.2, 0) is 9.59 Å². The van der Waals surface area contributed by atoms with Crippen LogP contribution in [-0.4, -0.2) is 42.6 Å². The Morgan fingerprint density at radius 3 is 2.46 bits per heavy atom. The van der Waals surface area contributed by atoms with Crippen LogP contribution in [0.25, 0.3) is 6.08 Å². The normalized spacial score (nSPS) is 15.2. The number of imide groups is 1. The number of para-hydroxylation sites is 1. The molecule has 0 atom stereocenters. The summed E-state index contributed by atoms with van der Waals surface area (Å²) in [6.45, 7) is -0.476. The number of hydrogen-bond donors (Lipinski definition) is 1. The maximum absolute atomic E-state index is 13.6. The Labute approximate surface area is 166 Å². The summed E-state index contributed by atoms with van der Waals surface area (Å²) >= 11 is 0.773. The van der Waals surface area contributed by atoms with Crippen LogP contribution in [0.15, 0.2) is 53.4 Å². The molecule has 8 heteroatoms. The van der Waals surface area contributed by atoms with E-state index in [4.69, 9.17) is 0 Å². The molecule has 0 aliphatic carbocycles. The van der Waals surface area contributed by atoms with Crippen molar-refractivity contribution in [1.29, 1.82) is 0 Å². The second-order valence-electron chi connectivity index (χ2n) is 6.28. The van der Waals surface area contributed by atoms with Gasteiger partial charge in [-0.15, -0.1) is 0 Å². The molecule has 0 radical (unpaired) electrons. The van der Waals surface area contributed by atoms with Gasteiger partial charge in [-0.2, -0.15) is 0 Å². The van der Waals surface area contributed by atoms with Gasteiger partial charge in [0, 0.05) is 19.8 Å². The van der Waals surface area contributed by atoms with Crippen molar-refractivity contribution in [3.63, 3.8) is 0 Å². The summed E-state index contributed by atoms with van der Waals surface area (Å²) in [4.78, 5) is 39.8. The molecule has 1 N–H and O–H groups in total. The highest BCUT2D eigenvalue weighted by Crippen LogP contribution is 2.32. The van der Waals surface area contributed by atoms with Crippen LogP contribution in [0.1, 0.15) is 5.56 Å². The zero-order valence-corrected chi connectivity index (χ0v) is 16.1. The smallest absolute Gasteiger partial charge is 0.294 e. The summed E-state index contributed by atoms with van der Waals surface area (Å²) in [5, 5.41) is 1.83. The molecule has 2 aromatic rings. The minimum absolute atomic E-state index is 0.00371. The Morgan fingerprint density at radius 2 is 1.82 bits per heavy atom. The Hall–Kier alpha value is -3.13. The topological polar surface area (TPSA) is 69.7 Å². The fourth-order valence-electron chi connectivity index (χ4n) is 2.55. The van der Waals surface area contributed by atoms with E-state index < -0.39 is 29.4 Å². The first-order valence-electron chi connectivity index (χ1n) is 8.42. The van der Waals surface area contributed by atoms with E-state index in [2.05, 4.69) is 5.32 Å². The first kappa shape index (κ1) is 19.6. The molecule has 0 unspecified atom stereocenters. The number of benzene rings is 2. The van der Waals surface area contributed by atoms with E-state index in [-0.39, 0.29) is 10.6 Å². The van der Waals surface area contributed by atoms with E-state index in [1.54, 1.807) is 12.1 Å². The van der Waals surface area contributed by atoms with Crippen LogP contribution in [0.2, 0.25) is 0 Å². The van der Waals surface area contributed by atoms with Gasteiger partial charge in [0.15, 0.2) is 0 Å². The third-order valence-electron chi connectivity index (χ3n) is 4.03. The molecule has 0 aromatic heterocycles. The van der Waals surface area contributed by atoms with E-state index in [1.807, 2.05) is 43.3 Å². The first-order valence-corrected chi connectivity index (χ1v) is 9.24. The molecular formula is C20H18FN3O3S. The fourth-order valence-corrected chi connectivity index (χ4v) is 3.39. The summed E-state index contributed by atoms with van der Waals surface area (Å²) in [7, 11) is 3.85. The predicted molar refractivity (Wildman–Crippen MR) is 108 cm³/mol. The van der Waals surface area contributed by atoms with Gasteiger partial charge in [-0.3, -0.25) is 19.3 Å². The zero-order chi connectivity index (χ0) is 20.3. The van der Waals surface area contributed by atoms with Gasteiger partial charge in [0.1, 0.15) is 12.4 Å². The average molecular weight is 399 g/mol. The monoisotopic (exact) mass is 399 g/mol. The SMILES string of the molecule is CN(C)c1ccc(C=C2SC(=O)N(CC(=O)Nc3ccccc3F)C2=O)cc1. The number of nitrogens with zero attached hydrogens (tertiary/aromatic N) is 2. The van der Waals surface area contributed by atoms with Crippen LogP contribution in [0, 0.1) is 5.82 Å². The van der Waals surface area contributed by atoms with E-state index in [1.165, 1.54) is 18.2 Å². The highest BCUT2D eigenvalue weighted by Gasteiger charge is 2.36. The fraction of sp³-hybridized carbons (Fsp3) is 0.150. The molecule has 3 amide bonds. The lowest BCUT2D eigenvalue weighted by atomic mass is 10.2. The lowest BCUT2D eigenvalue weighted by Gasteiger charge is -2.13. The lowest BCUT2D eigenvalue weighted by molar-refractivity contribution is -0.127. The Kier molecular flexibility index (Phi) is 5.79. The third-order valence-corrected chi connectivity index (χ3v) is 4.94. The maximum Gasteiger partial charge on any atom is 0.294 e. The van der Waals surface area contributed by atoms with Crippen molar-refractivity contribution in [3.05, 3.63) is 64.8 Å². The lowest BCUT2D eigenvalue weighted by Crippen LogP contribution is -2.36. The predicted octanol–water partition coefficient (Wildman–Crippen LogP) is 3.57. The number of hydrogen-bond acceptors (Lipinski definition) is 5. The number of amides is 3. The van der Waals surface area contributed by atoms with Gasteiger partial charge in [-0.1, -0.05) is 24.3 Å². The van der Waals surface area contributed by atoms with Gasteiger partial charge < -0.3 is 10.2 Å². The number of nitrogens with one attached hydrogen (secondary N) is 1. The van der Waals surface area contributed by atoms with Gasteiger partial charge in [0.25, 0.3) is 11.1 Å². The number of carbonyl (C=O) groups is 3. The molecule has 1 aliphatic heterocycles. The summed E-state index contributed by atoms with van der Waals surface area (Å²) in [6, 6.07) is 13.2. The van der Waals surface area contributed by atoms with E-state index in [9.17, 15) is 18.8 Å². The molecule has 2 aromatic carbocycles. The summed E-state index contributed by atoms with van der Waals surface area (Å²) < 4.78 is 13.6. The van der Waals surface area contributed by atoms with Crippen LogP contribution in [0.3, 0.4) is 0 Å². The van der Waals surface area contributed by atoms with Crippen LogP contribution in [0.5, 0.6) is 0 Å². The van der Waals surface area contributed by atoms with Crippen molar-refractivity contribution in [3.8, 4) is 0 Å². The third kappa shape index (κ3) is 4.40. The minimum atomic E-state index is -0.649. The van der Waals surface area contributed by atoms with Crippen molar-refractivity contribution < 1.29 is 18.8 Å². The number of halogens is 1. The zero-order valence-electron chi connectivity index (χ0n) is 15.3. The average Bonchev–Trinajstić information content (AvgIpc) is 2.91. The first-order chi connectivity index (χ1) is 13.3.